The molecule has 0 bridgehead atoms. The van der Waals surface area contributed by atoms with E-state index in [4.69, 9.17) is 16.3 Å². The Balaban J connectivity index is 1.72. The van der Waals surface area contributed by atoms with Crippen LogP contribution < -0.4 is 10.1 Å². The first-order valence-electron chi connectivity index (χ1n) is 7.35. The minimum atomic E-state index is -0.325. The van der Waals surface area contributed by atoms with Crippen LogP contribution in [0.3, 0.4) is 0 Å². The average molecular weight is 373 g/mol. The Labute approximate surface area is 153 Å². The van der Waals surface area contributed by atoms with Crippen LogP contribution in [0.2, 0.25) is 5.02 Å². The van der Waals surface area contributed by atoms with Gasteiger partial charge in [-0.25, -0.2) is 4.98 Å². The molecule has 0 saturated carbocycles. The predicted octanol–water partition coefficient (Wildman–Crippen LogP) is 4.05. The third-order valence-corrected chi connectivity index (χ3v) is 4.24. The number of aromatic nitrogens is 1. The van der Waals surface area contributed by atoms with Gasteiger partial charge in [-0.15, -0.1) is 11.3 Å². The molecule has 0 radical (unpaired) electrons. The van der Waals surface area contributed by atoms with Crippen molar-refractivity contribution in [1.29, 1.82) is 0 Å². The number of hydrogen-bond donors (Lipinski definition) is 1. The fourth-order valence-electron chi connectivity index (χ4n) is 2.12. The zero-order chi connectivity index (χ0) is 17.6. The second-order valence-corrected chi connectivity index (χ2v) is 6.34. The van der Waals surface area contributed by atoms with E-state index < -0.39 is 0 Å². The molecule has 25 heavy (non-hydrogen) atoms. The van der Waals surface area contributed by atoms with Gasteiger partial charge >= 0.3 is 0 Å². The Kier molecular flexibility index (Phi) is 5.42. The molecule has 1 N–H and O–H groups in total. The molecule has 3 aromatic rings. The lowest BCUT2D eigenvalue weighted by Gasteiger charge is -2.11. The van der Waals surface area contributed by atoms with Crippen LogP contribution in [0, 0.1) is 0 Å². The number of ketones is 1. The van der Waals surface area contributed by atoms with Crippen molar-refractivity contribution in [2.75, 3.05) is 11.9 Å². The first-order chi connectivity index (χ1) is 12.1. The van der Waals surface area contributed by atoms with Crippen molar-refractivity contribution in [3.05, 3.63) is 75.7 Å². The molecule has 0 aliphatic carbocycles. The molecule has 0 aliphatic rings. The normalized spacial score (nSPS) is 10.3. The van der Waals surface area contributed by atoms with Gasteiger partial charge in [0, 0.05) is 22.3 Å². The third-order valence-electron chi connectivity index (χ3n) is 3.23. The second kappa shape index (κ2) is 7.92. The highest BCUT2D eigenvalue weighted by Crippen LogP contribution is 2.26. The van der Waals surface area contributed by atoms with Crippen molar-refractivity contribution in [3.8, 4) is 5.75 Å². The van der Waals surface area contributed by atoms with E-state index in [1.807, 2.05) is 18.2 Å². The number of nitrogens with zero attached hydrogens (tertiary/aromatic N) is 1. The maximum absolute atomic E-state index is 12.5. The highest BCUT2D eigenvalue weighted by atomic mass is 35.5. The SMILES string of the molecule is O=C(COc1ccc(Cl)cc1C(=O)c1nccs1)Nc1ccccc1. The van der Waals surface area contributed by atoms with Crippen molar-refractivity contribution < 1.29 is 14.3 Å². The number of para-hydroxylation sites is 1. The molecule has 1 heterocycles. The number of amides is 1. The van der Waals surface area contributed by atoms with Crippen LogP contribution in [0.15, 0.2) is 60.1 Å². The summed E-state index contributed by atoms with van der Waals surface area (Å²) >= 11 is 7.22. The number of anilines is 1. The van der Waals surface area contributed by atoms with Gasteiger partial charge in [0.1, 0.15) is 5.75 Å². The molecule has 0 aliphatic heterocycles. The number of nitrogens with one attached hydrogen (secondary N) is 1. The minimum Gasteiger partial charge on any atom is -0.483 e. The van der Waals surface area contributed by atoms with Gasteiger partial charge in [0.25, 0.3) is 5.91 Å². The van der Waals surface area contributed by atoms with E-state index >= 15 is 0 Å². The van der Waals surface area contributed by atoms with Crippen LogP contribution in [0.25, 0.3) is 0 Å². The number of carbonyl (C=O) groups excluding carboxylic acids is 2. The zero-order valence-corrected chi connectivity index (χ0v) is 14.5. The highest BCUT2D eigenvalue weighted by Gasteiger charge is 2.18. The summed E-state index contributed by atoms with van der Waals surface area (Å²) in [6.07, 6.45) is 1.55. The molecule has 0 atom stereocenters. The molecule has 0 spiro atoms. The Bertz CT molecular complexity index is 883. The van der Waals surface area contributed by atoms with Crippen molar-refractivity contribution in [3.63, 3.8) is 0 Å². The van der Waals surface area contributed by atoms with Crippen molar-refractivity contribution in [2.45, 2.75) is 0 Å². The van der Waals surface area contributed by atoms with Gasteiger partial charge in [-0.3, -0.25) is 9.59 Å². The first-order valence-corrected chi connectivity index (χ1v) is 8.60. The molecule has 7 heteroatoms. The molecule has 2 aromatic carbocycles. The van der Waals surface area contributed by atoms with Crippen molar-refractivity contribution in [2.24, 2.45) is 0 Å². The Morgan fingerprint density at radius 2 is 1.96 bits per heavy atom. The molecule has 0 fully saturated rings. The van der Waals surface area contributed by atoms with Crippen LogP contribution in [0.4, 0.5) is 5.69 Å². The lowest BCUT2D eigenvalue weighted by atomic mass is 10.1. The average Bonchev–Trinajstić information content (AvgIpc) is 3.15. The summed E-state index contributed by atoms with van der Waals surface area (Å²) in [6.45, 7) is -0.228. The van der Waals surface area contributed by atoms with Crippen molar-refractivity contribution >= 4 is 40.3 Å². The summed E-state index contributed by atoms with van der Waals surface area (Å²) in [4.78, 5) is 28.5. The van der Waals surface area contributed by atoms with Crippen LogP contribution >= 0.6 is 22.9 Å². The van der Waals surface area contributed by atoms with Gasteiger partial charge in [-0.2, -0.15) is 0 Å². The maximum atomic E-state index is 12.5. The molecule has 126 valence electrons. The van der Waals surface area contributed by atoms with Gasteiger partial charge < -0.3 is 10.1 Å². The highest BCUT2D eigenvalue weighted by molar-refractivity contribution is 7.11. The standard InChI is InChI=1S/C18H13ClN2O3S/c19-12-6-7-15(14(10-12)17(23)18-20-8-9-25-18)24-11-16(22)21-13-4-2-1-3-5-13/h1-10H,11H2,(H,21,22). The summed E-state index contributed by atoms with van der Waals surface area (Å²) in [5.41, 5.74) is 0.946. The summed E-state index contributed by atoms with van der Waals surface area (Å²) in [7, 11) is 0. The van der Waals surface area contributed by atoms with Gasteiger partial charge in [0.05, 0.1) is 5.56 Å². The number of rotatable bonds is 6. The van der Waals surface area contributed by atoms with E-state index in [0.29, 0.717) is 15.7 Å². The summed E-state index contributed by atoms with van der Waals surface area (Å²) in [5, 5.41) is 5.17. The van der Waals surface area contributed by atoms with E-state index in [0.717, 1.165) is 0 Å². The molecule has 3 rings (SSSR count). The van der Waals surface area contributed by atoms with Gasteiger partial charge in [0.2, 0.25) is 5.78 Å². The largest absolute Gasteiger partial charge is 0.483 e. The lowest BCUT2D eigenvalue weighted by molar-refractivity contribution is -0.118. The van der Waals surface area contributed by atoms with Crippen LogP contribution in [-0.2, 0) is 4.79 Å². The van der Waals surface area contributed by atoms with Crippen LogP contribution in [-0.4, -0.2) is 23.3 Å². The molecule has 0 saturated heterocycles. The molecular weight excluding hydrogens is 360 g/mol. The zero-order valence-electron chi connectivity index (χ0n) is 12.9. The van der Waals surface area contributed by atoms with E-state index in [9.17, 15) is 9.59 Å². The quantitative estimate of drug-likeness (QED) is 0.663. The van der Waals surface area contributed by atoms with E-state index in [1.165, 1.54) is 17.4 Å². The molecular formula is C18H13ClN2O3S. The first kappa shape index (κ1) is 17.1. The van der Waals surface area contributed by atoms with Crippen LogP contribution in [0.5, 0.6) is 5.75 Å². The fourth-order valence-corrected chi connectivity index (χ4v) is 2.88. The molecule has 0 unspecified atom stereocenters. The summed E-state index contributed by atoms with van der Waals surface area (Å²) in [5.74, 6) is -0.336. The summed E-state index contributed by atoms with van der Waals surface area (Å²) < 4.78 is 5.53. The lowest BCUT2D eigenvalue weighted by Crippen LogP contribution is -2.20. The van der Waals surface area contributed by atoms with E-state index in [1.54, 1.807) is 35.8 Å². The molecule has 5 nitrogen and oxygen atoms in total. The Hall–Kier alpha value is -2.70. The van der Waals surface area contributed by atoms with E-state index in [-0.39, 0.29) is 29.6 Å². The number of hydrogen-bond acceptors (Lipinski definition) is 5. The monoisotopic (exact) mass is 372 g/mol. The third kappa shape index (κ3) is 4.43. The van der Waals surface area contributed by atoms with Gasteiger partial charge in [-0.1, -0.05) is 29.8 Å². The number of halogens is 1. The predicted molar refractivity (Wildman–Crippen MR) is 97.6 cm³/mol. The van der Waals surface area contributed by atoms with Gasteiger partial charge in [-0.05, 0) is 30.3 Å². The molecule has 1 amide bonds. The maximum Gasteiger partial charge on any atom is 0.262 e. The Morgan fingerprint density at radius 1 is 1.16 bits per heavy atom. The number of carbonyl (C=O) groups is 2. The number of thiazole rings is 1. The smallest absolute Gasteiger partial charge is 0.262 e. The Morgan fingerprint density at radius 3 is 2.68 bits per heavy atom. The topological polar surface area (TPSA) is 68.3 Å². The van der Waals surface area contributed by atoms with Gasteiger partial charge in [0.15, 0.2) is 11.6 Å². The fraction of sp³-hybridized carbons (Fsp3) is 0.0556. The van der Waals surface area contributed by atoms with Crippen molar-refractivity contribution in [1.82, 2.24) is 4.98 Å². The molecule has 1 aromatic heterocycles. The second-order valence-electron chi connectivity index (χ2n) is 5.01. The van der Waals surface area contributed by atoms with Crippen LogP contribution in [0.1, 0.15) is 15.4 Å². The minimum absolute atomic E-state index is 0.228. The van der Waals surface area contributed by atoms with E-state index in [2.05, 4.69) is 10.3 Å². The summed E-state index contributed by atoms with van der Waals surface area (Å²) in [6, 6.07) is 13.7. The number of ether oxygens (including phenoxy) is 1. The number of benzene rings is 2.